The molecule has 1 aromatic carbocycles. The van der Waals surface area contributed by atoms with Gasteiger partial charge in [-0.15, -0.1) is 0 Å². The number of nitrogens with zero attached hydrogens (tertiary/aromatic N) is 1. The first-order valence-electron chi connectivity index (χ1n) is 6.48. The van der Waals surface area contributed by atoms with Crippen LogP contribution in [0.1, 0.15) is 25.3 Å². The number of likely N-dealkylation sites (tertiary alicyclic amines) is 1. The number of phenolic OH excluding ortho intramolecular Hbond substituents is 1. The van der Waals surface area contributed by atoms with Crippen LogP contribution in [0.3, 0.4) is 0 Å². The molecule has 1 fully saturated rings. The lowest BCUT2D eigenvalue weighted by Crippen LogP contribution is -2.38. The van der Waals surface area contributed by atoms with Crippen molar-refractivity contribution in [1.82, 2.24) is 10.2 Å². The maximum absolute atomic E-state index is 9.36. The number of hydrogen-bond acceptors (Lipinski definition) is 3. The smallest absolute Gasteiger partial charge is 0.115 e. The maximum Gasteiger partial charge on any atom is 0.115 e. The Hall–Kier alpha value is -1.06. The summed E-state index contributed by atoms with van der Waals surface area (Å²) < 4.78 is 0. The van der Waals surface area contributed by atoms with Crippen molar-refractivity contribution >= 4 is 0 Å². The molecule has 0 aliphatic carbocycles. The lowest BCUT2D eigenvalue weighted by molar-refractivity contribution is 0.251. The predicted octanol–water partition coefficient (Wildman–Crippen LogP) is 1.97. The Morgan fingerprint density at radius 3 is 2.82 bits per heavy atom. The van der Waals surface area contributed by atoms with Crippen LogP contribution in [0, 0.1) is 0 Å². The molecule has 2 rings (SSSR count). The van der Waals surface area contributed by atoms with Crippen molar-refractivity contribution in [1.29, 1.82) is 0 Å². The molecular weight excluding hydrogens is 212 g/mol. The minimum Gasteiger partial charge on any atom is -0.508 e. The predicted molar refractivity (Wildman–Crippen MR) is 70.1 cm³/mol. The number of nitrogens with one attached hydrogen (secondary N) is 1. The van der Waals surface area contributed by atoms with Gasteiger partial charge >= 0.3 is 0 Å². The van der Waals surface area contributed by atoms with Crippen molar-refractivity contribution in [3.8, 4) is 5.75 Å². The molecule has 94 valence electrons. The van der Waals surface area contributed by atoms with Crippen molar-refractivity contribution in [2.24, 2.45) is 0 Å². The van der Waals surface area contributed by atoms with Gasteiger partial charge in [-0.3, -0.25) is 4.90 Å². The quantitative estimate of drug-likeness (QED) is 0.817. The standard InChI is InChI=1S/C14H22N2O/c1-12(16-7-2-3-8-16)10-15-11-13-5-4-6-14(17)9-13/h4-6,9,12,15,17H,2-3,7-8,10-11H2,1H3. The minimum absolute atomic E-state index is 0.344. The molecular formula is C14H22N2O. The van der Waals surface area contributed by atoms with Crippen LogP contribution in [0.2, 0.25) is 0 Å². The van der Waals surface area contributed by atoms with Crippen molar-refractivity contribution < 1.29 is 5.11 Å². The molecule has 0 radical (unpaired) electrons. The Morgan fingerprint density at radius 1 is 1.35 bits per heavy atom. The number of rotatable bonds is 5. The molecule has 1 aromatic rings. The minimum atomic E-state index is 0.344. The molecule has 1 heterocycles. The fraction of sp³-hybridized carbons (Fsp3) is 0.571. The van der Waals surface area contributed by atoms with Crippen LogP contribution in [-0.4, -0.2) is 35.7 Å². The third kappa shape index (κ3) is 3.72. The van der Waals surface area contributed by atoms with Gasteiger partial charge in [-0.05, 0) is 50.6 Å². The average molecular weight is 234 g/mol. The van der Waals surface area contributed by atoms with Gasteiger partial charge in [0.05, 0.1) is 0 Å². The van der Waals surface area contributed by atoms with E-state index >= 15 is 0 Å². The highest BCUT2D eigenvalue weighted by atomic mass is 16.3. The monoisotopic (exact) mass is 234 g/mol. The van der Waals surface area contributed by atoms with E-state index in [9.17, 15) is 5.11 Å². The van der Waals surface area contributed by atoms with Gasteiger partial charge < -0.3 is 10.4 Å². The lowest BCUT2D eigenvalue weighted by Gasteiger charge is -2.23. The van der Waals surface area contributed by atoms with Gasteiger partial charge in [0.25, 0.3) is 0 Å². The van der Waals surface area contributed by atoms with Gasteiger partial charge in [-0.2, -0.15) is 0 Å². The Labute approximate surface area is 103 Å². The molecule has 2 N–H and O–H groups in total. The molecule has 1 aliphatic rings. The Morgan fingerprint density at radius 2 is 2.12 bits per heavy atom. The van der Waals surface area contributed by atoms with E-state index < -0.39 is 0 Å². The topological polar surface area (TPSA) is 35.5 Å². The highest BCUT2D eigenvalue weighted by Gasteiger charge is 2.17. The molecule has 1 unspecified atom stereocenters. The molecule has 1 atom stereocenters. The molecule has 0 aromatic heterocycles. The fourth-order valence-electron chi connectivity index (χ4n) is 2.40. The first-order chi connectivity index (χ1) is 8.25. The third-order valence-electron chi connectivity index (χ3n) is 3.44. The summed E-state index contributed by atoms with van der Waals surface area (Å²) in [6.07, 6.45) is 2.69. The first kappa shape index (κ1) is 12.4. The summed E-state index contributed by atoms with van der Waals surface area (Å²) in [6, 6.07) is 8.04. The largest absolute Gasteiger partial charge is 0.508 e. The van der Waals surface area contributed by atoms with E-state index in [4.69, 9.17) is 0 Å². The summed E-state index contributed by atoms with van der Waals surface area (Å²) in [7, 11) is 0. The fourth-order valence-corrected chi connectivity index (χ4v) is 2.40. The second-order valence-corrected chi connectivity index (χ2v) is 4.89. The van der Waals surface area contributed by atoms with E-state index in [0.29, 0.717) is 11.8 Å². The van der Waals surface area contributed by atoms with Crippen molar-refractivity contribution in [3.05, 3.63) is 29.8 Å². The average Bonchev–Trinajstić information content (AvgIpc) is 2.82. The molecule has 3 nitrogen and oxygen atoms in total. The van der Waals surface area contributed by atoms with E-state index in [-0.39, 0.29) is 0 Å². The van der Waals surface area contributed by atoms with Crippen LogP contribution in [0.4, 0.5) is 0 Å². The van der Waals surface area contributed by atoms with Crippen LogP contribution in [0.5, 0.6) is 5.75 Å². The summed E-state index contributed by atoms with van der Waals surface area (Å²) in [6.45, 7) is 6.60. The maximum atomic E-state index is 9.36. The van der Waals surface area contributed by atoms with Crippen LogP contribution in [0.15, 0.2) is 24.3 Å². The van der Waals surface area contributed by atoms with Gasteiger partial charge in [-0.25, -0.2) is 0 Å². The molecule has 3 heteroatoms. The Kier molecular flexibility index (Phi) is 4.40. The van der Waals surface area contributed by atoms with Crippen LogP contribution in [0.25, 0.3) is 0 Å². The second-order valence-electron chi connectivity index (χ2n) is 4.89. The normalized spacial score (nSPS) is 18.4. The summed E-state index contributed by atoms with van der Waals surface area (Å²) in [5.41, 5.74) is 1.14. The van der Waals surface area contributed by atoms with Gasteiger partial charge in [0, 0.05) is 19.1 Å². The van der Waals surface area contributed by atoms with Crippen molar-refractivity contribution in [3.63, 3.8) is 0 Å². The zero-order valence-corrected chi connectivity index (χ0v) is 10.5. The SMILES string of the molecule is CC(CNCc1cccc(O)c1)N1CCCC1. The molecule has 17 heavy (non-hydrogen) atoms. The molecule has 0 saturated carbocycles. The Balaban J connectivity index is 1.71. The molecule has 1 saturated heterocycles. The van der Waals surface area contributed by atoms with Gasteiger partial charge in [-0.1, -0.05) is 12.1 Å². The third-order valence-corrected chi connectivity index (χ3v) is 3.44. The number of benzene rings is 1. The van der Waals surface area contributed by atoms with E-state index in [1.165, 1.54) is 25.9 Å². The molecule has 0 amide bonds. The van der Waals surface area contributed by atoms with Crippen molar-refractivity contribution in [2.75, 3.05) is 19.6 Å². The van der Waals surface area contributed by atoms with E-state index in [0.717, 1.165) is 18.7 Å². The first-order valence-corrected chi connectivity index (χ1v) is 6.48. The van der Waals surface area contributed by atoms with Gasteiger partial charge in [0.2, 0.25) is 0 Å². The van der Waals surface area contributed by atoms with Crippen LogP contribution < -0.4 is 5.32 Å². The highest BCUT2D eigenvalue weighted by molar-refractivity contribution is 5.26. The molecule has 0 spiro atoms. The van der Waals surface area contributed by atoms with Gasteiger partial charge in [0.15, 0.2) is 0 Å². The summed E-state index contributed by atoms with van der Waals surface area (Å²) in [5.74, 6) is 0.344. The van der Waals surface area contributed by atoms with Gasteiger partial charge in [0.1, 0.15) is 5.75 Å². The number of hydrogen-bond donors (Lipinski definition) is 2. The van der Waals surface area contributed by atoms with Crippen LogP contribution >= 0.6 is 0 Å². The molecule has 1 aliphatic heterocycles. The number of phenols is 1. The zero-order chi connectivity index (χ0) is 12.1. The molecule has 0 bridgehead atoms. The van der Waals surface area contributed by atoms with Crippen LogP contribution in [-0.2, 0) is 6.54 Å². The summed E-state index contributed by atoms with van der Waals surface area (Å²) in [5, 5.41) is 12.8. The highest BCUT2D eigenvalue weighted by Crippen LogP contribution is 2.12. The lowest BCUT2D eigenvalue weighted by atomic mass is 10.2. The van der Waals surface area contributed by atoms with Crippen molar-refractivity contribution in [2.45, 2.75) is 32.4 Å². The summed E-state index contributed by atoms with van der Waals surface area (Å²) in [4.78, 5) is 2.54. The second kappa shape index (κ2) is 6.03. The van der Waals surface area contributed by atoms with E-state index in [2.05, 4.69) is 17.1 Å². The summed E-state index contributed by atoms with van der Waals surface area (Å²) >= 11 is 0. The van der Waals surface area contributed by atoms with E-state index in [1.807, 2.05) is 18.2 Å². The Bertz CT molecular complexity index is 348. The van der Waals surface area contributed by atoms with E-state index in [1.54, 1.807) is 6.07 Å². The zero-order valence-electron chi connectivity index (χ0n) is 10.5. The number of aromatic hydroxyl groups is 1.